The summed E-state index contributed by atoms with van der Waals surface area (Å²) in [4.78, 5) is 12.1. The average Bonchev–Trinajstić information content (AvgIpc) is 2.44. The second kappa shape index (κ2) is 4.05. The summed E-state index contributed by atoms with van der Waals surface area (Å²) in [5.74, 6) is 1.03. The van der Waals surface area contributed by atoms with Gasteiger partial charge in [0.15, 0.2) is 5.78 Å². The molecule has 4 atom stereocenters. The number of allylic oxidation sites excluding steroid dienone is 2. The maximum Gasteiger partial charge on any atom is 0.156 e. The molecule has 0 saturated heterocycles. The summed E-state index contributed by atoms with van der Waals surface area (Å²) in [5, 5.41) is 10.9. The van der Waals surface area contributed by atoms with Crippen LogP contribution in [0.25, 0.3) is 5.57 Å². The second-order valence-corrected chi connectivity index (χ2v) is 6.90. The van der Waals surface area contributed by atoms with Crippen LogP contribution in [-0.2, 0) is 4.79 Å². The van der Waals surface area contributed by atoms with Crippen molar-refractivity contribution in [1.82, 2.24) is 0 Å². The van der Waals surface area contributed by atoms with Crippen molar-refractivity contribution < 1.29 is 9.90 Å². The van der Waals surface area contributed by atoms with Crippen LogP contribution in [-0.4, -0.2) is 10.9 Å². The molecule has 2 nitrogen and oxygen atoms in total. The third kappa shape index (κ3) is 1.46. The number of carbonyl (C=O) groups is 1. The summed E-state index contributed by atoms with van der Waals surface area (Å²) >= 11 is 0. The molecular weight excluding hydrogens is 248 g/mol. The van der Waals surface area contributed by atoms with Crippen molar-refractivity contribution in [1.29, 1.82) is 0 Å². The minimum absolute atomic E-state index is 0.107. The molecule has 0 amide bonds. The molecule has 0 bridgehead atoms. The van der Waals surface area contributed by atoms with Crippen LogP contribution in [0.4, 0.5) is 0 Å². The number of hydrogen-bond acceptors (Lipinski definition) is 2. The predicted molar refractivity (Wildman–Crippen MR) is 77.9 cm³/mol. The average molecular weight is 268 g/mol. The molecule has 0 unspecified atom stereocenters. The first kappa shape index (κ1) is 12.3. The van der Waals surface area contributed by atoms with Crippen molar-refractivity contribution in [2.45, 2.75) is 38.7 Å². The number of hydrogen-bond donors (Lipinski definition) is 1. The van der Waals surface area contributed by atoms with E-state index < -0.39 is 6.10 Å². The summed E-state index contributed by atoms with van der Waals surface area (Å²) in [6.45, 7) is 2.22. The van der Waals surface area contributed by atoms with Gasteiger partial charge in [-0.2, -0.15) is 0 Å². The maximum absolute atomic E-state index is 12.1. The van der Waals surface area contributed by atoms with E-state index in [2.05, 4.69) is 13.0 Å². The Balaban J connectivity index is 1.99. The molecule has 1 aromatic carbocycles. The van der Waals surface area contributed by atoms with E-state index in [1.165, 1.54) is 5.57 Å². The molecule has 2 heteroatoms. The van der Waals surface area contributed by atoms with Gasteiger partial charge in [0.2, 0.25) is 0 Å². The molecule has 20 heavy (non-hydrogen) atoms. The summed E-state index contributed by atoms with van der Waals surface area (Å²) in [5.41, 5.74) is 3.19. The molecule has 0 aliphatic heterocycles. The molecule has 1 fully saturated rings. The van der Waals surface area contributed by atoms with Crippen LogP contribution in [0.5, 0.6) is 0 Å². The molecule has 104 valence electrons. The topological polar surface area (TPSA) is 37.3 Å². The Morgan fingerprint density at radius 2 is 2.10 bits per heavy atom. The number of fused-ring (bicyclic) bond motifs is 2. The molecule has 4 rings (SSSR count). The van der Waals surface area contributed by atoms with E-state index in [1.54, 1.807) is 0 Å². The van der Waals surface area contributed by atoms with Crippen LogP contribution in [0.15, 0.2) is 30.3 Å². The van der Waals surface area contributed by atoms with E-state index in [-0.39, 0.29) is 11.2 Å². The molecule has 0 spiro atoms. The molecule has 0 aromatic heterocycles. The van der Waals surface area contributed by atoms with Crippen LogP contribution in [0.3, 0.4) is 0 Å². The van der Waals surface area contributed by atoms with Gasteiger partial charge < -0.3 is 5.11 Å². The van der Waals surface area contributed by atoms with Gasteiger partial charge in [0.1, 0.15) is 0 Å². The van der Waals surface area contributed by atoms with Crippen LogP contribution in [0.2, 0.25) is 0 Å². The number of ketones is 1. The Bertz CT molecular complexity index is 616. The van der Waals surface area contributed by atoms with Crippen molar-refractivity contribution in [2.75, 3.05) is 0 Å². The number of carbonyl (C=O) groups excluding carboxylic acids is 1. The number of rotatable bonds is 0. The summed E-state index contributed by atoms with van der Waals surface area (Å²) in [7, 11) is 0. The quantitative estimate of drug-likeness (QED) is 0.781. The zero-order valence-electron chi connectivity index (χ0n) is 11.8. The van der Waals surface area contributed by atoms with Crippen LogP contribution >= 0.6 is 0 Å². The van der Waals surface area contributed by atoms with E-state index in [4.69, 9.17) is 0 Å². The third-order valence-electron chi connectivity index (χ3n) is 5.78. The molecular formula is C18H20O2. The zero-order chi connectivity index (χ0) is 13.9. The summed E-state index contributed by atoms with van der Waals surface area (Å²) in [6.07, 6.45) is 5.41. The van der Waals surface area contributed by atoms with Crippen molar-refractivity contribution >= 4 is 11.4 Å². The van der Waals surface area contributed by atoms with E-state index in [0.29, 0.717) is 18.3 Å². The summed E-state index contributed by atoms with van der Waals surface area (Å²) < 4.78 is 0. The Hall–Kier alpha value is -1.41. The van der Waals surface area contributed by atoms with Gasteiger partial charge in [-0.1, -0.05) is 37.6 Å². The van der Waals surface area contributed by atoms with Crippen LogP contribution < -0.4 is 0 Å². The van der Waals surface area contributed by atoms with Gasteiger partial charge in [0.25, 0.3) is 0 Å². The number of aliphatic hydroxyl groups excluding tert-OH is 1. The lowest BCUT2D eigenvalue weighted by Crippen LogP contribution is -2.47. The Morgan fingerprint density at radius 1 is 1.30 bits per heavy atom. The van der Waals surface area contributed by atoms with E-state index in [0.717, 1.165) is 30.4 Å². The molecule has 3 aliphatic rings. The molecule has 1 aromatic rings. The minimum atomic E-state index is -0.406. The largest absolute Gasteiger partial charge is 0.388 e. The third-order valence-corrected chi connectivity index (χ3v) is 5.78. The Kier molecular flexibility index (Phi) is 2.50. The molecule has 3 aliphatic carbocycles. The SMILES string of the molecule is C[C@]12CCC[C@@H]3CC(=O)C=C(c4ccccc4[C@@H]1O)[C@@H]32. The van der Waals surface area contributed by atoms with Crippen molar-refractivity contribution in [3.63, 3.8) is 0 Å². The molecule has 0 radical (unpaired) electrons. The first-order valence-electron chi connectivity index (χ1n) is 7.63. The van der Waals surface area contributed by atoms with Gasteiger partial charge >= 0.3 is 0 Å². The van der Waals surface area contributed by atoms with Gasteiger partial charge in [0, 0.05) is 11.8 Å². The lowest BCUT2D eigenvalue weighted by Gasteiger charge is -2.54. The van der Waals surface area contributed by atoms with Crippen molar-refractivity contribution in [3.05, 3.63) is 41.5 Å². The second-order valence-electron chi connectivity index (χ2n) is 6.90. The van der Waals surface area contributed by atoms with Gasteiger partial charge in [-0.25, -0.2) is 0 Å². The molecule has 1 N–H and O–H groups in total. The predicted octanol–water partition coefficient (Wildman–Crippen LogP) is 3.51. The first-order valence-corrected chi connectivity index (χ1v) is 7.63. The standard InChI is InChI=1S/C18H20O2/c1-18-8-4-5-11-9-12(19)10-15(16(11)18)13-6-2-3-7-14(13)17(18)20/h2-3,6-7,10-11,16-17,20H,4-5,8-9H2,1H3/t11-,16-,17+,18-/m1/s1. The monoisotopic (exact) mass is 268 g/mol. The highest BCUT2D eigenvalue weighted by Crippen LogP contribution is 2.62. The Morgan fingerprint density at radius 3 is 2.95 bits per heavy atom. The highest BCUT2D eigenvalue weighted by atomic mass is 16.3. The number of benzene rings is 1. The fourth-order valence-corrected chi connectivity index (χ4v) is 4.92. The highest BCUT2D eigenvalue weighted by Gasteiger charge is 2.53. The van der Waals surface area contributed by atoms with E-state index in [9.17, 15) is 9.90 Å². The van der Waals surface area contributed by atoms with E-state index in [1.807, 2.05) is 24.3 Å². The summed E-state index contributed by atoms with van der Waals surface area (Å²) in [6, 6.07) is 8.07. The van der Waals surface area contributed by atoms with Crippen LogP contribution in [0.1, 0.15) is 49.8 Å². The maximum atomic E-state index is 12.1. The van der Waals surface area contributed by atoms with Crippen LogP contribution in [0, 0.1) is 17.3 Å². The molecule has 1 saturated carbocycles. The van der Waals surface area contributed by atoms with Crippen molar-refractivity contribution in [2.24, 2.45) is 17.3 Å². The lowest BCUT2D eigenvalue weighted by atomic mass is 9.50. The smallest absolute Gasteiger partial charge is 0.156 e. The normalized spacial score (nSPS) is 38.8. The zero-order valence-corrected chi connectivity index (χ0v) is 11.8. The fourth-order valence-electron chi connectivity index (χ4n) is 4.92. The lowest BCUT2D eigenvalue weighted by molar-refractivity contribution is -0.118. The Labute approximate surface area is 119 Å². The molecule has 0 heterocycles. The van der Waals surface area contributed by atoms with Gasteiger partial charge in [-0.3, -0.25) is 4.79 Å². The fraction of sp³-hybridized carbons (Fsp3) is 0.500. The van der Waals surface area contributed by atoms with Gasteiger partial charge in [-0.05, 0) is 47.5 Å². The van der Waals surface area contributed by atoms with Gasteiger partial charge in [-0.15, -0.1) is 0 Å². The first-order chi connectivity index (χ1) is 9.61. The number of aliphatic hydroxyl groups is 1. The van der Waals surface area contributed by atoms with Gasteiger partial charge in [0.05, 0.1) is 6.10 Å². The van der Waals surface area contributed by atoms with E-state index >= 15 is 0 Å². The minimum Gasteiger partial charge on any atom is -0.388 e. The van der Waals surface area contributed by atoms with Crippen molar-refractivity contribution in [3.8, 4) is 0 Å². The highest BCUT2D eigenvalue weighted by molar-refractivity contribution is 6.00.